The van der Waals surface area contributed by atoms with E-state index in [2.05, 4.69) is 59.1 Å². The maximum atomic E-state index is 11.7. The number of hydrogen-bond acceptors (Lipinski definition) is 4. The number of carbonyl (C=O) groups excluding carboxylic acids is 2. The van der Waals surface area contributed by atoms with Gasteiger partial charge in [-0.25, -0.2) is 4.79 Å². The van der Waals surface area contributed by atoms with E-state index < -0.39 is 11.9 Å². The van der Waals surface area contributed by atoms with Gasteiger partial charge in [0.1, 0.15) is 0 Å². The molecule has 5 nitrogen and oxygen atoms in total. The van der Waals surface area contributed by atoms with Crippen molar-refractivity contribution in [1.82, 2.24) is 0 Å². The largest absolute Gasteiger partial charge is 0.459 e. The lowest BCUT2D eigenvalue weighted by Gasteiger charge is -2.23. The number of ether oxygens (including phenoxy) is 1. The summed E-state index contributed by atoms with van der Waals surface area (Å²) in [5.74, 6) is -1.65. The Balaban J connectivity index is 1.97. The molecule has 0 aliphatic heterocycles. The third kappa shape index (κ3) is 7.11. The van der Waals surface area contributed by atoms with Crippen molar-refractivity contribution in [3.8, 4) is 0 Å². The van der Waals surface area contributed by atoms with Gasteiger partial charge in [0.15, 0.2) is 0 Å². The number of esters is 1. The average molecular weight is 395 g/mol. The van der Waals surface area contributed by atoms with Crippen molar-refractivity contribution in [2.75, 3.05) is 29.9 Å². The first-order chi connectivity index (χ1) is 14.1. The maximum absolute atomic E-state index is 11.7. The molecule has 0 unspecified atom stereocenters. The number of hydrogen-bond donors (Lipinski definition) is 1. The highest BCUT2D eigenvalue weighted by atomic mass is 16.5. The number of benzene rings is 2. The average Bonchev–Trinajstić information content (AvgIpc) is 2.73. The molecule has 0 aliphatic rings. The highest BCUT2D eigenvalue weighted by molar-refractivity contribution is 6.37. The minimum Gasteiger partial charge on any atom is -0.459 e. The van der Waals surface area contributed by atoms with E-state index in [9.17, 15) is 9.59 Å². The fraction of sp³-hybridized carbons (Fsp3) is 0.333. The molecule has 2 aromatic rings. The second-order valence-corrected chi connectivity index (χ2v) is 6.71. The summed E-state index contributed by atoms with van der Waals surface area (Å²) in [5, 5.41) is 2.52. The van der Waals surface area contributed by atoms with Crippen LogP contribution in [-0.2, 0) is 14.3 Å². The number of anilines is 2. The van der Waals surface area contributed by atoms with Crippen molar-refractivity contribution in [3.05, 3.63) is 59.7 Å². The molecule has 0 saturated heterocycles. The van der Waals surface area contributed by atoms with Crippen molar-refractivity contribution in [1.29, 1.82) is 0 Å². The summed E-state index contributed by atoms with van der Waals surface area (Å²) in [6, 6.07) is 15.9. The Hall–Kier alpha value is -3.08. The number of carbonyl (C=O) groups is 2. The van der Waals surface area contributed by atoms with Crippen LogP contribution in [-0.4, -0.2) is 31.6 Å². The van der Waals surface area contributed by atoms with Gasteiger partial charge in [-0.2, -0.15) is 0 Å². The Kier molecular flexibility index (Phi) is 8.96. The van der Waals surface area contributed by atoms with Gasteiger partial charge in [-0.15, -0.1) is 0 Å². The van der Waals surface area contributed by atoms with Crippen LogP contribution in [0, 0.1) is 0 Å². The molecule has 0 radical (unpaired) electrons. The number of nitrogens with one attached hydrogen (secondary N) is 1. The molecule has 2 aromatic carbocycles. The Bertz CT molecular complexity index is 805. The normalized spacial score (nSPS) is 10.7. The predicted molar refractivity (Wildman–Crippen MR) is 120 cm³/mol. The van der Waals surface area contributed by atoms with Gasteiger partial charge < -0.3 is 15.0 Å². The Labute approximate surface area is 173 Å². The standard InChI is InChI=1S/C24H30N2O3/c1-4-17-26(18-5-2)22-15-11-20(12-16-22)8-7-19-9-13-21(14-10-19)25-23(27)24(28)29-6-3/h7-16H,4-6,17-18H2,1-3H3,(H,25,27)/b8-7+. The van der Waals surface area contributed by atoms with Crippen molar-refractivity contribution in [3.63, 3.8) is 0 Å². The fourth-order valence-electron chi connectivity index (χ4n) is 2.95. The Morgan fingerprint density at radius 1 is 0.862 bits per heavy atom. The molecular weight excluding hydrogens is 364 g/mol. The number of amides is 1. The molecule has 154 valence electrons. The van der Waals surface area contributed by atoms with Crippen LogP contribution in [0.1, 0.15) is 44.7 Å². The Morgan fingerprint density at radius 3 is 1.86 bits per heavy atom. The van der Waals surface area contributed by atoms with Crippen molar-refractivity contribution >= 4 is 35.4 Å². The molecule has 0 heterocycles. The molecule has 0 aliphatic carbocycles. The smallest absolute Gasteiger partial charge is 0.397 e. The van der Waals surface area contributed by atoms with Gasteiger partial charge in [0, 0.05) is 24.5 Å². The molecule has 0 atom stereocenters. The van der Waals surface area contributed by atoms with Gasteiger partial charge in [0.25, 0.3) is 0 Å². The van der Waals surface area contributed by atoms with E-state index in [1.54, 1.807) is 19.1 Å². The summed E-state index contributed by atoms with van der Waals surface area (Å²) >= 11 is 0. The molecule has 2 rings (SSSR count). The van der Waals surface area contributed by atoms with Gasteiger partial charge in [-0.3, -0.25) is 4.79 Å². The van der Waals surface area contributed by atoms with E-state index in [4.69, 9.17) is 0 Å². The van der Waals surface area contributed by atoms with E-state index in [-0.39, 0.29) is 6.61 Å². The summed E-state index contributed by atoms with van der Waals surface area (Å²) in [4.78, 5) is 25.4. The van der Waals surface area contributed by atoms with Gasteiger partial charge in [-0.05, 0) is 55.2 Å². The minimum atomic E-state index is -0.878. The lowest BCUT2D eigenvalue weighted by molar-refractivity contribution is -0.152. The van der Waals surface area contributed by atoms with Crippen LogP contribution in [0.2, 0.25) is 0 Å². The summed E-state index contributed by atoms with van der Waals surface area (Å²) in [5.41, 5.74) is 3.94. The lowest BCUT2D eigenvalue weighted by atomic mass is 10.1. The van der Waals surface area contributed by atoms with Crippen LogP contribution in [0.3, 0.4) is 0 Å². The molecule has 1 amide bonds. The van der Waals surface area contributed by atoms with E-state index in [1.165, 1.54) is 5.69 Å². The summed E-state index contributed by atoms with van der Waals surface area (Å²) in [6.07, 6.45) is 6.34. The third-order valence-corrected chi connectivity index (χ3v) is 4.34. The molecule has 0 aromatic heterocycles. The quantitative estimate of drug-likeness (QED) is 0.370. The SMILES string of the molecule is CCCN(CCC)c1ccc(/C=C/c2ccc(NC(=O)C(=O)OCC)cc2)cc1. The van der Waals surface area contributed by atoms with Crippen LogP contribution in [0.4, 0.5) is 11.4 Å². The van der Waals surface area contributed by atoms with Crippen LogP contribution < -0.4 is 10.2 Å². The summed E-state index contributed by atoms with van der Waals surface area (Å²) in [7, 11) is 0. The first kappa shape index (κ1) is 22.2. The first-order valence-electron chi connectivity index (χ1n) is 10.2. The van der Waals surface area contributed by atoms with Crippen LogP contribution in [0.15, 0.2) is 48.5 Å². The molecule has 0 bridgehead atoms. The van der Waals surface area contributed by atoms with Crippen molar-refractivity contribution < 1.29 is 14.3 Å². The zero-order valence-electron chi connectivity index (χ0n) is 17.5. The van der Waals surface area contributed by atoms with Gasteiger partial charge >= 0.3 is 11.9 Å². The zero-order valence-corrected chi connectivity index (χ0v) is 17.5. The maximum Gasteiger partial charge on any atom is 0.397 e. The topological polar surface area (TPSA) is 58.6 Å². The number of nitrogens with zero attached hydrogens (tertiary/aromatic N) is 1. The van der Waals surface area contributed by atoms with Crippen LogP contribution >= 0.6 is 0 Å². The second kappa shape index (κ2) is 11.7. The zero-order chi connectivity index (χ0) is 21.1. The predicted octanol–water partition coefficient (Wildman–Crippen LogP) is 4.99. The van der Waals surface area contributed by atoms with Crippen LogP contribution in [0.5, 0.6) is 0 Å². The minimum absolute atomic E-state index is 0.173. The van der Waals surface area contributed by atoms with Gasteiger partial charge in [-0.1, -0.05) is 50.3 Å². The molecule has 0 fully saturated rings. The van der Waals surface area contributed by atoms with Crippen molar-refractivity contribution in [2.45, 2.75) is 33.6 Å². The monoisotopic (exact) mass is 394 g/mol. The third-order valence-electron chi connectivity index (χ3n) is 4.34. The lowest BCUT2D eigenvalue weighted by Crippen LogP contribution is -2.24. The molecule has 29 heavy (non-hydrogen) atoms. The molecule has 0 spiro atoms. The highest BCUT2D eigenvalue weighted by Crippen LogP contribution is 2.18. The molecular formula is C24H30N2O3. The van der Waals surface area contributed by atoms with E-state index >= 15 is 0 Å². The summed E-state index contributed by atoms with van der Waals surface area (Å²) in [6.45, 7) is 8.38. The summed E-state index contributed by atoms with van der Waals surface area (Å²) < 4.78 is 4.67. The van der Waals surface area contributed by atoms with E-state index in [1.807, 2.05) is 18.2 Å². The fourth-order valence-corrected chi connectivity index (χ4v) is 2.95. The first-order valence-corrected chi connectivity index (χ1v) is 10.2. The number of rotatable bonds is 9. The van der Waals surface area contributed by atoms with Crippen molar-refractivity contribution in [2.24, 2.45) is 0 Å². The highest BCUT2D eigenvalue weighted by Gasteiger charge is 2.14. The van der Waals surface area contributed by atoms with Crippen LogP contribution in [0.25, 0.3) is 12.2 Å². The molecule has 0 saturated carbocycles. The second-order valence-electron chi connectivity index (χ2n) is 6.71. The van der Waals surface area contributed by atoms with E-state index in [0.717, 1.165) is 37.1 Å². The van der Waals surface area contributed by atoms with E-state index in [0.29, 0.717) is 5.69 Å². The molecule has 1 N–H and O–H groups in total. The van der Waals surface area contributed by atoms with Gasteiger partial charge in [0.05, 0.1) is 6.61 Å². The Morgan fingerprint density at radius 2 is 1.38 bits per heavy atom. The van der Waals surface area contributed by atoms with Gasteiger partial charge in [0.2, 0.25) is 0 Å². The molecule has 5 heteroatoms.